The number of likely N-dealkylation sites (N-methyl/N-ethyl adjacent to an activating group) is 1. The van der Waals surface area contributed by atoms with E-state index in [0.29, 0.717) is 22.9 Å². The van der Waals surface area contributed by atoms with E-state index in [-0.39, 0.29) is 18.4 Å². The van der Waals surface area contributed by atoms with Crippen molar-refractivity contribution in [2.24, 2.45) is 0 Å². The van der Waals surface area contributed by atoms with E-state index in [4.69, 9.17) is 4.74 Å². The van der Waals surface area contributed by atoms with Gasteiger partial charge >= 0.3 is 16.2 Å². The molecular formula is C23H25N5O5S2. The second-order valence-corrected chi connectivity index (χ2v) is 10.5. The fourth-order valence-corrected chi connectivity index (χ4v) is 5.23. The number of anilines is 1. The molecule has 2 aromatic carbocycles. The fourth-order valence-electron chi connectivity index (χ4n) is 3.88. The molecule has 12 heteroatoms. The van der Waals surface area contributed by atoms with Gasteiger partial charge in [-0.2, -0.15) is 13.1 Å². The van der Waals surface area contributed by atoms with Crippen LogP contribution in [-0.2, 0) is 21.5 Å². The van der Waals surface area contributed by atoms with Gasteiger partial charge in [0.2, 0.25) is 0 Å². The number of rotatable bonds is 9. The van der Waals surface area contributed by atoms with Crippen LogP contribution in [0.15, 0.2) is 66.2 Å². The number of ether oxygens (including phenoxy) is 1. The zero-order valence-electron chi connectivity index (χ0n) is 19.1. The molecule has 1 aromatic heterocycles. The highest BCUT2D eigenvalue weighted by Gasteiger charge is 2.63. The van der Waals surface area contributed by atoms with Crippen LogP contribution in [0.1, 0.15) is 22.9 Å². The van der Waals surface area contributed by atoms with Crippen molar-refractivity contribution in [3.63, 3.8) is 0 Å². The molecule has 0 saturated heterocycles. The number of hydrogen-bond acceptors (Lipinski definition) is 7. The molecule has 0 aliphatic heterocycles. The number of aromatic nitrogens is 1. The van der Waals surface area contributed by atoms with Crippen LogP contribution in [-0.4, -0.2) is 45.0 Å². The summed E-state index contributed by atoms with van der Waals surface area (Å²) in [5.41, 5.74) is 0.174. The summed E-state index contributed by atoms with van der Waals surface area (Å²) in [5.74, 6) is -0.0284. The Morgan fingerprint density at radius 2 is 1.89 bits per heavy atom. The van der Waals surface area contributed by atoms with Crippen LogP contribution in [0.25, 0.3) is 0 Å². The lowest BCUT2D eigenvalue weighted by atomic mass is 10.0. The molecule has 0 radical (unpaired) electrons. The lowest BCUT2D eigenvalue weighted by Crippen LogP contribution is -2.55. The number of carbonyl (C=O) groups is 2. The van der Waals surface area contributed by atoms with E-state index in [1.165, 1.54) is 16.2 Å². The minimum atomic E-state index is -4.17. The summed E-state index contributed by atoms with van der Waals surface area (Å²) in [5, 5.41) is 4.91. The first kappa shape index (κ1) is 24.6. The molecule has 0 bridgehead atoms. The van der Waals surface area contributed by atoms with Gasteiger partial charge in [0.05, 0.1) is 13.7 Å². The molecule has 3 amide bonds. The van der Waals surface area contributed by atoms with Crippen molar-refractivity contribution in [2.75, 3.05) is 19.1 Å². The van der Waals surface area contributed by atoms with Crippen molar-refractivity contribution in [1.29, 1.82) is 0 Å². The number of urea groups is 1. The van der Waals surface area contributed by atoms with E-state index in [9.17, 15) is 18.0 Å². The monoisotopic (exact) mass is 515 g/mol. The Kier molecular flexibility index (Phi) is 7.05. The number of nitrogens with zero attached hydrogens (tertiary/aromatic N) is 2. The number of thiazole rings is 1. The van der Waals surface area contributed by atoms with E-state index in [1.54, 1.807) is 50.0 Å². The summed E-state index contributed by atoms with van der Waals surface area (Å²) >= 11 is 1.28. The van der Waals surface area contributed by atoms with Crippen molar-refractivity contribution >= 4 is 39.2 Å². The molecule has 1 aliphatic rings. The van der Waals surface area contributed by atoms with Gasteiger partial charge in [0.25, 0.3) is 5.91 Å². The summed E-state index contributed by atoms with van der Waals surface area (Å²) in [6.45, 7) is -0.0583. The van der Waals surface area contributed by atoms with Crippen molar-refractivity contribution < 1.29 is 22.7 Å². The number of amides is 3. The van der Waals surface area contributed by atoms with Gasteiger partial charge in [0.1, 0.15) is 16.3 Å². The highest BCUT2D eigenvalue weighted by molar-refractivity contribution is 7.88. The van der Waals surface area contributed by atoms with E-state index >= 15 is 0 Å². The largest absolute Gasteiger partial charge is 0.497 e. The van der Waals surface area contributed by atoms with Crippen molar-refractivity contribution in [2.45, 2.75) is 24.4 Å². The average Bonchev–Trinajstić information content (AvgIpc) is 3.32. The summed E-state index contributed by atoms with van der Waals surface area (Å²) in [6.07, 6.45) is 1.89. The number of benzene rings is 2. The number of nitrogens with one attached hydrogen (secondary N) is 3. The Hall–Kier alpha value is -3.48. The SMILES string of the molecule is COc1ccc(N(C)C(=O)[C@]2(NC(=O)NS(=O)(=O)NCc3nccs3)CC2c2ccccc2)cc1. The molecular weight excluding hydrogens is 490 g/mol. The Morgan fingerprint density at radius 3 is 2.51 bits per heavy atom. The molecule has 1 saturated carbocycles. The van der Waals surface area contributed by atoms with Gasteiger partial charge in [-0.1, -0.05) is 30.3 Å². The van der Waals surface area contributed by atoms with Crippen LogP contribution in [0.2, 0.25) is 0 Å². The minimum Gasteiger partial charge on any atom is -0.497 e. The molecule has 10 nitrogen and oxygen atoms in total. The number of hydrogen-bond donors (Lipinski definition) is 3. The second-order valence-electron chi connectivity index (χ2n) is 8.01. The van der Waals surface area contributed by atoms with Crippen molar-refractivity contribution in [3.8, 4) is 5.75 Å². The maximum Gasteiger partial charge on any atom is 0.330 e. The third-order valence-electron chi connectivity index (χ3n) is 5.77. The third-order valence-corrected chi connectivity index (χ3v) is 7.53. The highest BCUT2D eigenvalue weighted by Crippen LogP contribution is 2.52. The summed E-state index contributed by atoms with van der Waals surface area (Å²) in [4.78, 5) is 31.8. The van der Waals surface area contributed by atoms with Gasteiger partial charge in [0, 0.05) is 30.2 Å². The normalized spacial score (nSPS) is 19.0. The van der Waals surface area contributed by atoms with Gasteiger partial charge < -0.3 is 15.0 Å². The minimum absolute atomic E-state index is 0.0583. The van der Waals surface area contributed by atoms with Gasteiger partial charge in [0.15, 0.2) is 0 Å². The molecule has 1 heterocycles. The Labute approximate surface area is 207 Å². The van der Waals surface area contributed by atoms with E-state index in [0.717, 1.165) is 5.56 Å². The lowest BCUT2D eigenvalue weighted by molar-refractivity contribution is -0.121. The van der Waals surface area contributed by atoms with Gasteiger partial charge in [-0.25, -0.2) is 14.5 Å². The summed E-state index contributed by atoms with van der Waals surface area (Å²) in [7, 11) is -1.01. The second kappa shape index (κ2) is 10.0. The van der Waals surface area contributed by atoms with Crippen molar-refractivity contribution in [1.82, 2.24) is 19.7 Å². The molecule has 4 rings (SSSR count). The van der Waals surface area contributed by atoms with Crippen LogP contribution in [0.5, 0.6) is 5.75 Å². The van der Waals surface area contributed by atoms with Gasteiger partial charge in [-0.05, 0) is 36.2 Å². The van der Waals surface area contributed by atoms with Gasteiger partial charge in [-0.15, -0.1) is 11.3 Å². The Bertz CT molecular complexity index is 1280. The average molecular weight is 516 g/mol. The molecule has 3 aromatic rings. The zero-order chi connectivity index (χ0) is 25.1. The molecule has 0 spiro atoms. The lowest BCUT2D eigenvalue weighted by Gasteiger charge is -2.26. The Balaban J connectivity index is 1.51. The molecule has 184 valence electrons. The van der Waals surface area contributed by atoms with Crippen LogP contribution < -0.4 is 24.4 Å². The maximum atomic E-state index is 13.6. The third kappa shape index (κ3) is 5.61. The molecule has 35 heavy (non-hydrogen) atoms. The quantitative estimate of drug-likeness (QED) is 0.401. The summed E-state index contributed by atoms with van der Waals surface area (Å²) in [6, 6.07) is 15.2. The van der Waals surface area contributed by atoms with Crippen molar-refractivity contribution in [3.05, 3.63) is 76.7 Å². The van der Waals surface area contributed by atoms with Crippen LogP contribution in [0.3, 0.4) is 0 Å². The highest BCUT2D eigenvalue weighted by atomic mass is 32.2. The molecule has 2 atom stereocenters. The first-order chi connectivity index (χ1) is 16.7. The topological polar surface area (TPSA) is 130 Å². The van der Waals surface area contributed by atoms with E-state index in [1.807, 2.05) is 35.1 Å². The van der Waals surface area contributed by atoms with Crippen LogP contribution in [0.4, 0.5) is 10.5 Å². The predicted molar refractivity (Wildman–Crippen MR) is 132 cm³/mol. The standard InChI is InChI=1S/C23H25N5O5S2/c1-28(17-8-10-18(33-2)11-9-17)21(29)23(14-19(23)16-6-4-3-5-7-16)26-22(30)27-35(31,32)25-15-20-24-12-13-34-20/h3-13,19,25H,14-15H2,1-2H3,(H2,26,27,30)/t19?,23-/m0/s1. The van der Waals surface area contributed by atoms with Crippen LogP contribution in [0, 0.1) is 0 Å². The van der Waals surface area contributed by atoms with Gasteiger partial charge in [-0.3, -0.25) is 4.79 Å². The first-order valence-corrected chi connectivity index (χ1v) is 13.1. The zero-order valence-corrected chi connectivity index (χ0v) is 20.7. The molecule has 1 aliphatic carbocycles. The van der Waals surface area contributed by atoms with E-state index in [2.05, 4.69) is 15.0 Å². The molecule has 1 fully saturated rings. The van der Waals surface area contributed by atoms with Crippen LogP contribution >= 0.6 is 11.3 Å². The first-order valence-electron chi connectivity index (χ1n) is 10.7. The van der Waals surface area contributed by atoms with E-state index < -0.39 is 21.8 Å². The fraction of sp³-hybridized carbons (Fsp3) is 0.261. The molecule has 1 unspecified atom stereocenters. The molecule has 3 N–H and O–H groups in total. The number of methoxy groups -OCH3 is 1. The maximum absolute atomic E-state index is 13.6. The number of carbonyl (C=O) groups excluding carboxylic acids is 2. The smallest absolute Gasteiger partial charge is 0.330 e. The Morgan fingerprint density at radius 1 is 1.17 bits per heavy atom. The summed E-state index contributed by atoms with van der Waals surface area (Å²) < 4.78 is 34.1. The predicted octanol–water partition coefficient (Wildman–Crippen LogP) is 2.37.